The zero-order chi connectivity index (χ0) is 7.98. The van der Waals surface area contributed by atoms with Crippen LogP contribution in [-0.2, 0) is 8.98 Å². The Morgan fingerprint density at radius 1 is 1.90 bits per heavy atom. The van der Waals surface area contributed by atoms with Gasteiger partial charge in [0.1, 0.15) is 6.04 Å². The van der Waals surface area contributed by atoms with Crippen LogP contribution in [0, 0.1) is 4.91 Å². The number of thiol groups is 1. The maximum absolute atomic E-state index is 10.5. The van der Waals surface area contributed by atoms with Gasteiger partial charge in [-0.1, -0.05) is 0 Å². The van der Waals surface area contributed by atoms with E-state index in [-0.39, 0.29) is 18.0 Å². The molecule has 0 aliphatic rings. The molecule has 1 atom stereocenters. The molecule has 0 bridgehead atoms. The van der Waals surface area contributed by atoms with E-state index in [0.29, 0.717) is 0 Å². The fourth-order valence-corrected chi connectivity index (χ4v) is 0.565. The van der Waals surface area contributed by atoms with Crippen LogP contribution >= 0.6 is 24.9 Å². The van der Waals surface area contributed by atoms with Gasteiger partial charge in [-0.2, -0.15) is 12.6 Å². The van der Waals surface area contributed by atoms with Gasteiger partial charge in [0, 0.05) is 10.3 Å². The number of nitrogens with two attached hydrogens (primary N) is 1. The lowest BCUT2D eigenvalue weighted by Crippen LogP contribution is -2.32. The topological polar surface area (TPSA) is 81.8 Å². The fraction of sp³-hybridized carbons (Fsp3) is 0.667. The lowest BCUT2D eigenvalue weighted by atomic mass is 10.4. The van der Waals surface area contributed by atoms with Crippen molar-refractivity contribution in [3.05, 3.63) is 4.91 Å². The molecule has 0 spiro atoms. The lowest BCUT2D eigenvalue weighted by Gasteiger charge is -2.02. The van der Waals surface area contributed by atoms with Crippen LogP contribution in [0.3, 0.4) is 0 Å². The zero-order valence-electron chi connectivity index (χ0n) is 4.89. The first-order valence-corrected chi connectivity index (χ1v) is 3.62. The first-order chi connectivity index (χ1) is 4.72. The largest absolute Gasteiger partial charge is 0.364 e. The Morgan fingerprint density at radius 2 is 2.50 bits per heavy atom. The highest BCUT2D eigenvalue weighted by Gasteiger charge is 2.13. The second-order valence-electron chi connectivity index (χ2n) is 1.34. The molecule has 0 fully saturated rings. The molecule has 0 aromatic rings. The molecule has 0 aromatic carbocycles. The normalized spacial score (nSPS) is 12.2. The molecule has 5 nitrogen and oxygen atoms in total. The van der Waals surface area contributed by atoms with Crippen molar-refractivity contribution in [1.82, 2.24) is 0 Å². The second-order valence-corrected chi connectivity index (χ2v) is 2.17. The molecule has 2 N–H and O–H groups in total. The van der Waals surface area contributed by atoms with Gasteiger partial charge in [0.15, 0.2) is 0 Å². The minimum absolute atomic E-state index is 0.166. The molecule has 0 saturated heterocycles. The van der Waals surface area contributed by atoms with Crippen LogP contribution < -0.4 is 5.73 Å². The van der Waals surface area contributed by atoms with Crippen LogP contribution in [0.25, 0.3) is 0 Å². The van der Waals surface area contributed by atoms with Gasteiger partial charge < -0.3 is 9.92 Å². The van der Waals surface area contributed by atoms with Crippen LogP contribution in [0.5, 0.6) is 0 Å². The van der Waals surface area contributed by atoms with Gasteiger partial charge in [0.25, 0.3) is 0 Å². The second kappa shape index (κ2) is 5.51. The van der Waals surface area contributed by atoms with Gasteiger partial charge in [0.2, 0.25) is 12.2 Å². The van der Waals surface area contributed by atoms with Gasteiger partial charge in [0.05, 0.1) is 0 Å². The molecule has 0 rings (SSSR count). The molecule has 0 aromatic heterocycles. The van der Waals surface area contributed by atoms with E-state index in [9.17, 15) is 9.70 Å². The van der Waals surface area contributed by atoms with Crippen molar-refractivity contribution in [3.8, 4) is 0 Å². The van der Waals surface area contributed by atoms with Crippen molar-refractivity contribution in [2.24, 2.45) is 10.3 Å². The molecule has 7 heteroatoms. The van der Waals surface area contributed by atoms with E-state index in [1.807, 2.05) is 0 Å². The Kier molecular flexibility index (Phi) is 5.36. The van der Waals surface area contributed by atoms with E-state index >= 15 is 0 Å². The summed E-state index contributed by atoms with van der Waals surface area (Å²) in [7, 11) is 0. The minimum Gasteiger partial charge on any atom is -0.364 e. The number of hydrogen-bond acceptors (Lipinski definition) is 7. The lowest BCUT2D eigenvalue weighted by molar-refractivity contribution is -0.133. The monoisotopic (exact) mass is 182 g/mol. The predicted molar refractivity (Wildman–Crippen MR) is 41.3 cm³/mol. The first kappa shape index (κ1) is 9.73. The van der Waals surface area contributed by atoms with E-state index < -0.39 is 12.0 Å². The van der Waals surface area contributed by atoms with E-state index in [1.54, 1.807) is 0 Å². The summed E-state index contributed by atoms with van der Waals surface area (Å²) in [6.45, 7) is 0. The van der Waals surface area contributed by atoms with Crippen LogP contribution in [0.4, 0.5) is 0 Å². The highest BCUT2D eigenvalue weighted by Crippen LogP contribution is 2.04. The number of carbonyl (C=O) groups excluding carboxylic acids is 1. The molecule has 0 saturated carbocycles. The summed E-state index contributed by atoms with van der Waals surface area (Å²) in [6.07, 6.45) is 0. The van der Waals surface area contributed by atoms with Gasteiger partial charge in [-0.15, -0.1) is 4.91 Å². The summed E-state index contributed by atoms with van der Waals surface area (Å²) in [6, 6.07) is -0.794. The third kappa shape index (κ3) is 3.70. The Morgan fingerprint density at radius 3 is 2.90 bits per heavy atom. The number of nitrogens with zero attached hydrogens (tertiary/aromatic N) is 1. The van der Waals surface area contributed by atoms with E-state index in [0.717, 1.165) is 0 Å². The molecule has 0 aliphatic carbocycles. The van der Waals surface area contributed by atoms with Gasteiger partial charge in [-0.05, 0) is 0 Å². The minimum atomic E-state index is -0.794. The predicted octanol–water partition coefficient (Wildman–Crippen LogP) is 0.116. The number of carbonyl (C=O) groups is 1. The van der Waals surface area contributed by atoms with Crippen molar-refractivity contribution in [1.29, 1.82) is 0 Å². The average Bonchev–Trinajstić information content (AvgIpc) is 1.98. The Hall–Kier alpha value is -0.270. The zero-order valence-corrected chi connectivity index (χ0v) is 6.60. The Balaban J connectivity index is 3.51. The van der Waals surface area contributed by atoms with E-state index in [2.05, 4.69) is 21.4 Å². The fourth-order valence-electron chi connectivity index (χ4n) is 0.188. The standard InChI is InChI=1S/C3H6N2O3S2/c4-2(1-9)3(6)8-10-5-7/h2,9H,1,4H2. The molecule has 58 valence electrons. The number of rotatable bonds is 4. The van der Waals surface area contributed by atoms with Crippen molar-refractivity contribution in [2.75, 3.05) is 5.75 Å². The molecule has 10 heavy (non-hydrogen) atoms. The SMILES string of the molecule is NC(CS)C(=O)OSN=O. The van der Waals surface area contributed by atoms with Crippen LogP contribution in [0.15, 0.2) is 4.58 Å². The van der Waals surface area contributed by atoms with Crippen LogP contribution in [-0.4, -0.2) is 17.8 Å². The highest BCUT2D eigenvalue weighted by atomic mass is 32.2. The van der Waals surface area contributed by atoms with E-state index in [1.165, 1.54) is 0 Å². The summed E-state index contributed by atoms with van der Waals surface area (Å²) < 4.78 is 6.40. The van der Waals surface area contributed by atoms with Crippen LogP contribution in [0.2, 0.25) is 0 Å². The molecular formula is C3H6N2O3S2. The Bertz CT molecular complexity index is 131. The van der Waals surface area contributed by atoms with Gasteiger partial charge in [-0.3, -0.25) is 0 Å². The smallest absolute Gasteiger partial charge is 0.337 e. The summed E-state index contributed by atoms with van der Waals surface area (Å²) >= 11 is 3.90. The third-order valence-electron chi connectivity index (χ3n) is 0.649. The molecule has 0 aliphatic heterocycles. The molecule has 0 heterocycles. The Labute approximate surface area is 67.4 Å². The molecule has 0 radical (unpaired) electrons. The maximum Gasteiger partial charge on any atom is 0.337 e. The van der Waals surface area contributed by atoms with Gasteiger partial charge >= 0.3 is 5.97 Å². The maximum atomic E-state index is 10.5. The summed E-state index contributed by atoms with van der Waals surface area (Å²) in [4.78, 5) is 19.9. The van der Waals surface area contributed by atoms with Gasteiger partial charge in [-0.25, -0.2) is 4.79 Å². The van der Waals surface area contributed by atoms with Crippen LogP contribution in [0.1, 0.15) is 0 Å². The number of hydrogen-bond donors (Lipinski definition) is 2. The average molecular weight is 182 g/mol. The quantitative estimate of drug-likeness (QED) is 0.279. The van der Waals surface area contributed by atoms with Crippen molar-refractivity contribution in [3.63, 3.8) is 0 Å². The first-order valence-electron chi connectivity index (χ1n) is 2.29. The number of nitroso groups, excluding NO2 is 1. The third-order valence-corrected chi connectivity index (χ3v) is 1.34. The summed E-state index contributed by atoms with van der Waals surface area (Å²) in [5.41, 5.74) is 5.15. The summed E-state index contributed by atoms with van der Waals surface area (Å²) in [5, 5.41) is 0. The van der Waals surface area contributed by atoms with E-state index in [4.69, 9.17) is 5.73 Å². The highest BCUT2D eigenvalue weighted by molar-refractivity contribution is 7.93. The van der Waals surface area contributed by atoms with Crippen molar-refractivity contribution in [2.45, 2.75) is 6.04 Å². The molecule has 0 amide bonds. The summed E-state index contributed by atoms with van der Waals surface area (Å²) in [5.74, 6) is -0.516. The van der Waals surface area contributed by atoms with Crippen molar-refractivity contribution < 1.29 is 8.98 Å². The molecular weight excluding hydrogens is 176 g/mol. The molecule has 1 unspecified atom stereocenters. The van der Waals surface area contributed by atoms with Crippen molar-refractivity contribution >= 4 is 30.8 Å².